The van der Waals surface area contributed by atoms with Gasteiger partial charge in [0.05, 0.1) is 4.90 Å². The molecule has 4 rings (SSSR count). The number of aromatic nitrogens is 3. The van der Waals surface area contributed by atoms with Crippen molar-refractivity contribution >= 4 is 21.7 Å². The maximum Gasteiger partial charge on any atom is 0.240 e. The maximum atomic E-state index is 12.6. The van der Waals surface area contributed by atoms with Gasteiger partial charge in [-0.15, -0.1) is 0 Å². The topological polar surface area (TPSA) is 113 Å². The molecule has 0 saturated carbocycles. The van der Waals surface area contributed by atoms with E-state index in [1.807, 2.05) is 13.0 Å². The molecular formula is C22H28N6O3S. The van der Waals surface area contributed by atoms with Gasteiger partial charge >= 0.3 is 0 Å². The van der Waals surface area contributed by atoms with Gasteiger partial charge in [-0.3, -0.25) is 0 Å². The fraction of sp³-hybridized carbons (Fsp3) is 0.409. The van der Waals surface area contributed by atoms with Crippen molar-refractivity contribution in [1.29, 1.82) is 0 Å². The first-order valence-electron chi connectivity index (χ1n) is 10.8. The summed E-state index contributed by atoms with van der Waals surface area (Å²) in [5, 5.41) is 3.20. The van der Waals surface area contributed by atoms with Gasteiger partial charge in [0.1, 0.15) is 29.4 Å². The monoisotopic (exact) mass is 456 g/mol. The van der Waals surface area contributed by atoms with E-state index in [0.29, 0.717) is 29.8 Å². The molecule has 0 bridgehead atoms. The predicted molar refractivity (Wildman–Crippen MR) is 123 cm³/mol. The molecule has 1 saturated heterocycles. The molecule has 1 aliphatic heterocycles. The van der Waals surface area contributed by atoms with Gasteiger partial charge < -0.3 is 14.6 Å². The van der Waals surface area contributed by atoms with Gasteiger partial charge in [0, 0.05) is 44.7 Å². The molecule has 0 spiro atoms. The zero-order chi connectivity index (χ0) is 22.6. The molecule has 9 nitrogen and oxygen atoms in total. The summed E-state index contributed by atoms with van der Waals surface area (Å²) in [5.41, 5.74) is 1.47. The quantitative estimate of drug-likeness (QED) is 0.497. The van der Waals surface area contributed by atoms with Gasteiger partial charge in [0.2, 0.25) is 10.0 Å². The Bertz CT molecular complexity index is 1150. The van der Waals surface area contributed by atoms with E-state index in [1.54, 1.807) is 37.5 Å². The van der Waals surface area contributed by atoms with Crippen molar-refractivity contribution < 1.29 is 12.8 Å². The summed E-state index contributed by atoms with van der Waals surface area (Å²) in [4.78, 5) is 15.7. The minimum atomic E-state index is -3.62. The van der Waals surface area contributed by atoms with Crippen molar-refractivity contribution in [1.82, 2.24) is 19.7 Å². The summed E-state index contributed by atoms with van der Waals surface area (Å²) in [6.07, 6.45) is 5.16. The van der Waals surface area contributed by atoms with E-state index in [1.165, 1.54) is 19.3 Å². The van der Waals surface area contributed by atoms with Crippen LogP contribution in [-0.2, 0) is 10.0 Å². The fourth-order valence-electron chi connectivity index (χ4n) is 3.69. The molecule has 170 valence electrons. The molecule has 32 heavy (non-hydrogen) atoms. The van der Waals surface area contributed by atoms with Crippen molar-refractivity contribution in [3.8, 4) is 11.3 Å². The molecule has 2 aromatic heterocycles. The Labute approximate surface area is 188 Å². The van der Waals surface area contributed by atoms with Crippen LogP contribution >= 0.6 is 0 Å². The summed E-state index contributed by atoms with van der Waals surface area (Å²) in [5.74, 6) is 2.87. The predicted octanol–water partition coefficient (Wildman–Crippen LogP) is 3.13. The van der Waals surface area contributed by atoms with Gasteiger partial charge in [-0.1, -0.05) is 12.1 Å². The molecule has 1 aromatic carbocycles. The summed E-state index contributed by atoms with van der Waals surface area (Å²) < 4.78 is 33.0. The first kappa shape index (κ1) is 22.2. The number of hydrogen-bond donors (Lipinski definition) is 2. The van der Waals surface area contributed by atoms with E-state index in [0.717, 1.165) is 24.5 Å². The standard InChI is InChI=1S/C22H28N6O3S/c1-16-25-21(14-22(26-16)28-12-4-3-5-13-28)23-10-11-24-32(29,30)19-8-6-18(7-9-19)20-15-31-17(2)27-20/h6-9,14-15,24H,3-5,10-13H2,1-2H3,(H,23,25,26). The van der Waals surface area contributed by atoms with Gasteiger partial charge in [-0.2, -0.15) is 0 Å². The normalized spacial score (nSPS) is 14.5. The highest BCUT2D eigenvalue weighted by Gasteiger charge is 2.15. The molecule has 3 aromatic rings. The number of sulfonamides is 1. The average Bonchev–Trinajstić information content (AvgIpc) is 3.23. The first-order chi connectivity index (χ1) is 15.4. The Hall–Kier alpha value is -2.98. The number of piperidine rings is 1. The number of hydrogen-bond acceptors (Lipinski definition) is 8. The van der Waals surface area contributed by atoms with Crippen molar-refractivity contribution in [3.63, 3.8) is 0 Å². The number of aryl methyl sites for hydroxylation is 2. The SMILES string of the molecule is Cc1nc(NCCNS(=O)(=O)c2ccc(-c3coc(C)n3)cc2)cc(N2CCCCC2)n1. The van der Waals surface area contributed by atoms with Crippen molar-refractivity contribution in [2.75, 3.05) is 36.4 Å². The Morgan fingerprint density at radius 3 is 2.44 bits per heavy atom. The van der Waals surface area contributed by atoms with Gasteiger partial charge in [-0.25, -0.2) is 28.1 Å². The second kappa shape index (κ2) is 9.66. The lowest BCUT2D eigenvalue weighted by Gasteiger charge is -2.28. The molecule has 1 fully saturated rings. The smallest absolute Gasteiger partial charge is 0.240 e. The lowest BCUT2D eigenvalue weighted by Crippen LogP contribution is -2.31. The van der Waals surface area contributed by atoms with Gasteiger partial charge in [-0.05, 0) is 38.3 Å². The molecule has 1 aliphatic rings. The lowest BCUT2D eigenvalue weighted by atomic mass is 10.1. The Morgan fingerprint density at radius 1 is 1.00 bits per heavy atom. The van der Waals surface area contributed by atoms with Crippen LogP contribution in [0.3, 0.4) is 0 Å². The van der Waals surface area contributed by atoms with E-state index < -0.39 is 10.0 Å². The molecule has 3 heterocycles. The maximum absolute atomic E-state index is 12.6. The van der Waals surface area contributed by atoms with Crippen LogP contribution in [0.25, 0.3) is 11.3 Å². The zero-order valence-electron chi connectivity index (χ0n) is 18.3. The summed E-state index contributed by atoms with van der Waals surface area (Å²) in [6, 6.07) is 8.49. The van der Waals surface area contributed by atoms with E-state index in [-0.39, 0.29) is 11.4 Å². The van der Waals surface area contributed by atoms with Crippen LogP contribution in [-0.4, -0.2) is 49.5 Å². The minimum absolute atomic E-state index is 0.201. The fourth-order valence-corrected chi connectivity index (χ4v) is 4.72. The van der Waals surface area contributed by atoms with Gasteiger partial charge in [0.25, 0.3) is 0 Å². The Kier molecular flexibility index (Phi) is 6.71. The minimum Gasteiger partial charge on any atom is -0.449 e. The van der Waals surface area contributed by atoms with Crippen LogP contribution in [0.5, 0.6) is 0 Å². The molecule has 0 aliphatic carbocycles. The molecule has 0 unspecified atom stereocenters. The number of oxazole rings is 1. The second-order valence-electron chi connectivity index (χ2n) is 7.81. The average molecular weight is 457 g/mol. The van der Waals surface area contributed by atoms with Crippen LogP contribution in [0.4, 0.5) is 11.6 Å². The van der Waals surface area contributed by atoms with Crippen LogP contribution in [0.1, 0.15) is 31.0 Å². The lowest BCUT2D eigenvalue weighted by molar-refractivity contribution is 0.521. The highest BCUT2D eigenvalue weighted by atomic mass is 32.2. The van der Waals surface area contributed by atoms with Crippen LogP contribution < -0.4 is 14.9 Å². The molecule has 0 radical (unpaired) electrons. The van der Waals surface area contributed by atoms with Crippen molar-refractivity contribution in [3.05, 3.63) is 48.3 Å². The largest absolute Gasteiger partial charge is 0.449 e. The Balaban J connectivity index is 1.32. The second-order valence-corrected chi connectivity index (χ2v) is 9.57. The van der Waals surface area contributed by atoms with Crippen LogP contribution in [0.15, 0.2) is 45.9 Å². The number of benzene rings is 1. The highest BCUT2D eigenvalue weighted by molar-refractivity contribution is 7.89. The van der Waals surface area contributed by atoms with Crippen LogP contribution in [0, 0.1) is 13.8 Å². The molecule has 10 heteroatoms. The number of rotatable bonds is 8. The van der Waals surface area contributed by atoms with Crippen LogP contribution in [0.2, 0.25) is 0 Å². The third-order valence-corrected chi connectivity index (χ3v) is 6.78. The van der Waals surface area contributed by atoms with Gasteiger partial charge in [0.15, 0.2) is 5.89 Å². The highest BCUT2D eigenvalue weighted by Crippen LogP contribution is 2.21. The summed E-state index contributed by atoms with van der Waals surface area (Å²) in [6.45, 7) is 6.28. The van der Waals surface area contributed by atoms with E-state index in [2.05, 4.69) is 29.9 Å². The first-order valence-corrected chi connectivity index (χ1v) is 12.3. The number of anilines is 2. The third kappa shape index (κ3) is 5.43. The third-order valence-electron chi connectivity index (χ3n) is 5.31. The van der Waals surface area contributed by atoms with E-state index in [9.17, 15) is 8.42 Å². The van der Waals surface area contributed by atoms with Crippen molar-refractivity contribution in [2.24, 2.45) is 0 Å². The van der Waals surface area contributed by atoms with Crippen molar-refractivity contribution in [2.45, 2.75) is 38.0 Å². The number of nitrogens with one attached hydrogen (secondary N) is 2. The molecule has 2 N–H and O–H groups in total. The molecular weight excluding hydrogens is 428 g/mol. The number of nitrogens with zero attached hydrogens (tertiary/aromatic N) is 4. The summed E-state index contributed by atoms with van der Waals surface area (Å²) in [7, 11) is -3.62. The summed E-state index contributed by atoms with van der Waals surface area (Å²) >= 11 is 0. The van der Waals surface area contributed by atoms with E-state index in [4.69, 9.17) is 4.42 Å². The molecule has 0 amide bonds. The Morgan fingerprint density at radius 2 is 1.75 bits per heavy atom. The zero-order valence-corrected chi connectivity index (χ0v) is 19.2. The van der Waals surface area contributed by atoms with E-state index >= 15 is 0 Å². The molecule has 0 atom stereocenters.